The Morgan fingerprint density at radius 1 is 1.25 bits per heavy atom. The molecule has 0 bridgehead atoms. The molecule has 0 aliphatic carbocycles. The molecule has 0 fully saturated rings. The van der Waals surface area contributed by atoms with E-state index in [1.54, 1.807) is 18.3 Å². The third kappa shape index (κ3) is 3.55. The minimum absolute atomic E-state index is 0.353. The first-order valence-electron chi connectivity index (χ1n) is 6.48. The number of amidine groups is 1. The average molecular weight is 271 g/mol. The van der Waals surface area contributed by atoms with Crippen LogP contribution < -0.4 is 10.2 Å². The first kappa shape index (κ1) is 14.0. The van der Waals surface area contributed by atoms with Crippen LogP contribution in [-0.2, 0) is 0 Å². The molecule has 5 heteroatoms. The van der Waals surface area contributed by atoms with E-state index in [1.165, 1.54) is 0 Å². The molecule has 0 aliphatic rings. The van der Waals surface area contributed by atoms with Crippen molar-refractivity contribution < 1.29 is 9.94 Å². The number of benzene rings is 1. The number of pyridine rings is 1. The molecule has 1 aromatic carbocycles. The smallest absolute Gasteiger partial charge is 0.230 e. The van der Waals surface area contributed by atoms with Crippen molar-refractivity contribution in [2.24, 2.45) is 4.99 Å². The van der Waals surface area contributed by atoms with Crippen LogP contribution in [0.25, 0.3) is 0 Å². The molecule has 2 N–H and O–H groups in total. The summed E-state index contributed by atoms with van der Waals surface area (Å²) >= 11 is 0. The second kappa shape index (κ2) is 7.25. The summed E-state index contributed by atoms with van der Waals surface area (Å²) in [5, 5.41) is 9.23. The molecule has 0 spiro atoms. The maximum absolute atomic E-state index is 9.23. The minimum atomic E-state index is 0.353. The molecule has 5 nitrogen and oxygen atoms in total. The highest BCUT2D eigenvalue weighted by molar-refractivity contribution is 6.00. The van der Waals surface area contributed by atoms with Crippen molar-refractivity contribution >= 4 is 5.84 Å². The number of nitrogens with one attached hydrogen (secondary N) is 1. The molecule has 0 amide bonds. The van der Waals surface area contributed by atoms with Gasteiger partial charge in [-0.05, 0) is 30.7 Å². The van der Waals surface area contributed by atoms with Crippen LogP contribution in [0.3, 0.4) is 0 Å². The molecule has 0 aliphatic heterocycles. The van der Waals surface area contributed by atoms with Gasteiger partial charge in [0.15, 0.2) is 5.84 Å². The van der Waals surface area contributed by atoms with Crippen molar-refractivity contribution in [1.82, 2.24) is 10.5 Å². The van der Waals surface area contributed by atoms with Gasteiger partial charge in [0.25, 0.3) is 0 Å². The van der Waals surface area contributed by atoms with E-state index in [-0.39, 0.29) is 0 Å². The number of rotatable bonds is 5. The molecule has 0 unspecified atom stereocenters. The van der Waals surface area contributed by atoms with Crippen molar-refractivity contribution in [1.29, 1.82) is 0 Å². The molecule has 2 aromatic rings. The molecule has 1 aromatic heterocycles. The fourth-order valence-corrected chi connectivity index (χ4v) is 1.66. The molecule has 1 heterocycles. The first-order chi connectivity index (χ1) is 9.85. The van der Waals surface area contributed by atoms with E-state index in [9.17, 15) is 5.21 Å². The summed E-state index contributed by atoms with van der Waals surface area (Å²) in [6, 6.07) is 12.9. The minimum Gasteiger partial charge on any atom is -0.438 e. The fraction of sp³-hybridized carbons (Fsp3) is 0.200. The number of para-hydroxylation sites is 1. The van der Waals surface area contributed by atoms with Gasteiger partial charge >= 0.3 is 0 Å². The maximum Gasteiger partial charge on any atom is 0.230 e. The largest absolute Gasteiger partial charge is 0.438 e. The number of aliphatic imine (C=N–C) groups is 1. The van der Waals surface area contributed by atoms with Gasteiger partial charge in [-0.25, -0.2) is 4.98 Å². The lowest BCUT2D eigenvalue weighted by molar-refractivity contribution is 0.234. The number of nitrogens with zero attached hydrogens (tertiary/aromatic N) is 2. The zero-order chi connectivity index (χ0) is 14.2. The molecular weight excluding hydrogens is 254 g/mol. The van der Waals surface area contributed by atoms with Crippen molar-refractivity contribution in [3.8, 4) is 11.6 Å². The Kier molecular flexibility index (Phi) is 5.08. The SMILES string of the molecule is CCCN=C(NO)c1cccnc1Oc1ccccc1. The number of hydrogen-bond acceptors (Lipinski definition) is 4. The van der Waals surface area contributed by atoms with Crippen LogP contribution in [0.1, 0.15) is 18.9 Å². The summed E-state index contributed by atoms with van der Waals surface area (Å²) < 4.78 is 5.73. The van der Waals surface area contributed by atoms with Crippen LogP contribution in [0.4, 0.5) is 0 Å². The lowest BCUT2D eigenvalue weighted by Gasteiger charge is -2.11. The molecule has 0 saturated carbocycles. The van der Waals surface area contributed by atoms with Gasteiger partial charge in [-0.15, -0.1) is 0 Å². The molecule has 0 radical (unpaired) electrons. The van der Waals surface area contributed by atoms with E-state index in [0.29, 0.717) is 29.6 Å². The highest BCUT2D eigenvalue weighted by Crippen LogP contribution is 2.22. The quantitative estimate of drug-likeness (QED) is 0.498. The topological polar surface area (TPSA) is 66.7 Å². The Morgan fingerprint density at radius 2 is 2.05 bits per heavy atom. The Hall–Kier alpha value is -2.40. The Labute approximate surface area is 117 Å². The highest BCUT2D eigenvalue weighted by atomic mass is 16.5. The Balaban J connectivity index is 2.30. The second-order valence-corrected chi connectivity index (χ2v) is 4.11. The van der Waals surface area contributed by atoms with Crippen LogP contribution in [0.15, 0.2) is 53.7 Å². The lowest BCUT2D eigenvalue weighted by Crippen LogP contribution is -2.21. The van der Waals surface area contributed by atoms with Crippen LogP contribution in [0, 0.1) is 0 Å². The van der Waals surface area contributed by atoms with Crippen molar-refractivity contribution in [2.75, 3.05) is 6.54 Å². The van der Waals surface area contributed by atoms with Gasteiger partial charge in [0, 0.05) is 12.7 Å². The molecule has 104 valence electrons. The van der Waals surface area contributed by atoms with Crippen LogP contribution in [0.2, 0.25) is 0 Å². The third-order valence-corrected chi connectivity index (χ3v) is 2.58. The van der Waals surface area contributed by atoms with Gasteiger partial charge in [0.1, 0.15) is 5.75 Å². The summed E-state index contributed by atoms with van der Waals surface area (Å²) in [4.78, 5) is 8.47. The van der Waals surface area contributed by atoms with E-state index in [1.807, 2.05) is 37.3 Å². The molecule has 2 rings (SSSR count). The number of hydroxylamine groups is 1. The van der Waals surface area contributed by atoms with Gasteiger partial charge in [-0.1, -0.05) is 25.1 Å². The van der Waals surface area contributed by atoms with Gasteiger partial charge in [-0.3, -0.25) is 15.7 Å². The molecular formula is C15H17N3O2. The lowest BCUT2D eigenvalue weighted by atomic mass is 10.2. The standard InChI is InChI=1S/C15H17N3O2/c1-2-10-16-14(18-19)13-9-6-11-17-15(13)20-12-7-4-3-5-8-12/h3-9,11,19H,2,10H2,1H3,(H,16,18). The van der Waals surface area contributed by atoms with E-state index >= 15 is 0 Å². The van der Waals surface area contributed by atoms with E-state index in [2.05, 4.69) is 15.5 Å². The van der Waals surface area contributed by atoms with Gasteiger partial charge < -0.3 is 4.74 Å². The van der Waals surface area contributed by atoms with Crippen molar-refractivity contribution in [3.05, 3.63) is 54.2 Å². The van der Waals surface area contributed by atoms with Crippen LogP contribution in [0.5, 0.6) is 11.6 Å². The van der Waals surface area contributed by atoms with Gasteiger partial charge in [0.2, 0.25) is 5.88 Å². The summed E-state index contributed by atoms with van der Waals surface area (Å²) in [6.45, 7) is 2.63. The molecule has 0 saturated heterocycles. The number of ether oxygens (including phenoxy) is 1. The first-order valence-corrected chi connectivity index (χ1v) is 6.48. The zero-order valence-corrected chi connectivity index (χ0v) is 11.3. The predicted octanol–water partition coefficient (Wildman–Crippen LogP) is 3.01. The van der Waals surface area contributed by atoms with E-state index in [0.717, 1.165) is 6.42 Å². The maximum atomic E-state index is 9.23. The monoisotopic (exact) mass is 271 g/mol. The van der Waals surface area contributed by atoms with Crippen molar-refractivity contribution in [3.63, 3.8) is 0 Å². The number of aromatic nitrogens is 1. The summed E-state index contributed by atoms with van der Waals surface area (Å²) in [5.74, 6) is 1.43. The van der Waals surface area contributed by atoms with Crippen LogP contribution >= 0.6 is 0 Å². The Morgan fingerprint density at radius 3 is 2.75 bits per heavy atom. The van der Waals surface area contributed by atoms with Gasteiger partial charge in [-0.2, -0.15) is 0 Å². The van der Waals surface area contributed by atoms with Crippen molar-refractivity contribution in [2.45, 2.75) is 13.3 Å². The normalized spacial score (nSPS) is 11.2. The molecule has 0 atom stereocenters. The third-order valence-electron chi connectivity index (χ3n) is 2.58. The summed E-state index contributed by atoms with van der Waals surface area (Å²) in [6.07, 6.45) is 2.52. The predicted molar refractivity (Wildman–Crippen MR) is 77.4 cm³/mol. The van der Waals surface area contributed by atoms with Crippen LogP contribution in [-0.4, -0.2) is 22.6 Å². The summed E-state index contributed by atoms with van der Waals surface area (Å²) in [7, 11) is 0. The number of hydrogen-bond donors (Lipinski definition) is 2. The fourth-order valence-electron chi connectivity index (χ4n) is 1.66. The molecule has 20 heavy (non-hydrogen) atoms. The van der Waals surface area contributed by atoms with Gasteiger partial charge in [0.05, 0.1) is 5.56 Å². The van der Waals surface area contributed by atoms with E-state index < -0.39 is 0 Å². The average Bonchev–Trinajstić information content (AvgIpc) is 2.50. The zero-order valence-electron chi connectivity index (χ0n) is 11.3. The highest BCUT2D eigenvalue weighted by Gasteiger charge is 2.11. The second-order valence-electron chi connectivity index (χ2n) is 4.11. The summed E-state index contributed by atoms with van der Waals surface area (Å²) in [5.41, 5.74) is 2.73. The van der Waals surface area contributed by atoms with E-state index in [4.69, 9.17) is 4.74 Å². The Bertz CT molecular complexity index is 570.